The predicted molar refractivity (Wildman–Crippen MR) is 62.0 cm³/mol. The van der Waals surface area contributed by atoms with E-state index in [1.54, 1.807) is 20.9 Å². The SMILES string of the molecule is CN(C(=O)C1(C#N)CCOCC1)C(C)(C)CO. The zero-order chi connectivity index (χ0) is 13.1. The maximum absolute atomic E-state index is 12.4. The van der Waals surface area contributed by atoms with Gasteiger partial charge in [0.2, 0.25) is 5.91 Å². The quantitative estimate of drug-likeness (QED) is 0.781. The number of amides is 1. The summed E-state index contributed by atoms with van der Waals surface area (Å²) in [6, 6.07) is 2.14. The second-order valence-electron chi connectivity index (χ2n) is 5.14. The number of nitriles is 1. The molecule has 1 saturated heterocycles. The van der Waals surface area contributed by atoms with Crippen molar-refractivity contribution in [3.05, 3.63) is 0 Å². The first-order valence-electron chi connectivity index (χ1n) is 5.78. The molecule has 0 bridgehead atoms. The lowest BCUT2D eigenvalue weighted by Gasteiger charge is -2.40. The highest BCUT2D eigenvalue weighted by molar-refractivity contribution is 5.86. The largest absolute Gasteiger partial charge is 0.394 e. The van der Waals surface area contributed by atoms with E-state index in [9.17, 15) is 15.2 Å². The molecule has 0 saturated carbocycles. The Balaban J connectivity index is 2.90. The summed E-state index contributed by atoms with van der Waals surface area (Å²) < 4.78 is 5.20. The number of carbonyl (C=O) groups excluding carboxylic acids is 1. The van der Waals surface area contributed by atoms with Crippen molar-refractivity contribution < 1.29 is 14.6 Å². The van der Waals surface area contributed by atoms with Crippen molar-refractivity contribution in [1.29, 1.82) is 5.26 Å². The lowest BCUT2D eigenvalue weighted by Crippen LogP contribution is -2.54. The molecule has 0 aliphatic carbocycles. The van der Waals surface area contributed by atoms with Crippen LogP contribution in [0.1, 0.15) is 26.7 Å². The van der Waals surface area contributed by atoms with Gasteiger partial charge in [-0.25, -0.2) is 0 Å². The average molecular weight is 240 g/mol. The summed E-state index contributed by atoms with van der Waals surface area (Å²) in [6.45, 7) is 4.29. The fourth-order valence-electron chi connectivity index (χ4n) is 1.80. The predicted octanol–water partition coefficient (Wildman–Crippen LogP) is 0.536. The summed E-state index contributed by atoms with van der Waals surface area (Å²) >= 11 is 0. The number of aliphatic hydroxyl groups is 1. The molecular formula is C12H20N2O3. The van der Waals surface area contributed by atoms with Gasteiger partial charge in [0.05, 0.1) is 18.2 Å². The summed E-state index contributed by atoms with van der Waals surface area (Å²) in [4.78, 5) is 13.9. The Morgan fingerprint density at radius 2 is 2.06 bits per heavy atom. The van der Waals surface area contributed by atoms with E-state index in [0.717, 1.165) is 0 Å². The lowest BCUT2D eigenvalue weighted by molar-refractivity contribution is -0.148. The van der Waals surface area contributed by atoms with Crippen LogP contribution in [0.2, 0.25) is 0 Å². The minimum absolute atomic E-state index is 0.132. The molecule has 0 aromatic rings. The van der Waals surface area contributed by atoms with Crippen LogP contribution in [-0.2, 0) is 9.53 Å². The molecule has 0 radical (unpaired) electrons. The number of nitrogens with zero attached hydrogens (tertiary/aromatic N) is 2. The minimum atomic E-state index is -0.987. The minimum Gasteiger partial charge on any atom is -0.394 e. The van der Waals surface area contributed by atoms with Gasteiger partial charge >= 0.3 is 0 Å². The van der Waals surface area contributed by atoms with Crippen LogP contribution >= 0.6 is 0 Å². The molecule has 0 atom stereocenters. The maximum atomic E-state index is 12.4. The van der Waals surface area contributed by atoms with Gasteiger partial charge in [0.1, 0.15) is 5.41 Å². The smallest absolute Gasteiger partial charge is 0.243 e. The van der Waals surface area contributed by atoms with E-state index < -0.39 is 11.0 Å². The molecule has 0 unspecified atom stereocenters. The van der Waals surface area contributed by atoms with Gasteiger partial charge in [0.25, 0.3) is 0 Å². The average Bonchev–Trinajstić information content (AvgIpc) is 2.37. The van der Waals surface area contributed by atoms with Crippen LogP contribution in [0.5, 0.6) is 0 Å². The van der Waals surface area contributed by atoms with Gasteiger partial charge in [-0.1, -0.05) is 0 Å². The molecule has 96 valence electrons. The zero-order valence-electron chi connectivity index (χ0n) is 10.7. The van der Waals surface area contributed by atoms with E-state index in [4.69, 9.17) is 4.74 Å². The number of likely N-dealkylation sites (N-methyl/N-ethyl adjacent to an activating group) is 1. The van der Waals surface area contributed by atoms with Crippen molar-refractivity contribution in [3.8, 4) is 6.07 Å². The number of carbonyl (C=O) groups is 1. The second-order valence-corrected chi connectivity index (χ2v) is 5.14. The maximum Gasteiger partial charge on any atom is 0.243 e. The fraction of sp³-hybridized carbons (Fsp3) is 0.833. The molecule has 0 spiro atoms. The number of rotatable bonds is 3. The van der Waals surface area contributed by atoms with E-state index in [0.29, 0.717) is 26.1 Å². The molecule has 1 amide bonds. The van der Waals surface area contributed by atoms with Crippen LogP contribution in [0.3, 0.4) is 0 Å². The summed E-state index contributed by atoms with van der Waals surface area (Å²) in [6.07, 6.45) is 0.850. The van der Waals surface area contributed by atoms with Gasteiger partial charge in [-0.2, -0.15) is 5.26 Å². The van der Waals surface area contributed by atoms with Crippen LogP contribution in [0, 0.1) is 16.7 Å². The number of hydrogen-bond acceptors (Lipinski definition) is 4. The van der Waals surface area contributed by atoms with Crippen molar-refractivity contribution in [2.45, 2.75) is 32.2 Å². The van der Waals surface area contributed by atoms with E-state index >= 15 is 0 Å². The second kappa shape index (κ2) is 5.03. The van der Waals surface area contributed by atoms with E-state index in [2.05, 4.69) is 6.07 Å². The highest BCUT2D eigenvalue weighted by atomic mass is 16.5. The van der Waals surface area contributed by atoms with E-state index in [-0.39, 0.29) is 12.5 Å². The molecule has 17 heavy (non-hydrogen) atoms. The van der Waals surface area contributed by atoms with Crippen LogP contribution in [0.4, 0.5) is 0 Å². The van der Waals surface area contributed by atoms with Gasteiger partial charge in [0, 0.05) is 20.3 Å². The zero-order valence-corrected chi connectivity index (χ0v) is 10.7. The van der Waals surface area contributed by atoms with Crippen molar-refractivity contribution in [1.82, 2.24) is 4.90 Å². The van der Waals surface area contributed by atoms with Gasteiger partial charge < -0.3 is 14.7 Å². The summed E-state index contributed by atoms with van der Waals surface area (Å²) in [7, 11) is 1.63. The molecule has 0 aromatic heterocycles. The summed E-state index contributed by atoms with van der Waals surface area (Å²) in [5, 5.41) is 18.6. The Morgan fingerprint density at radius 1 is 1.53 bits per heavy atom. The fourth-order valence-corrected chi connectivity index (χ4v) is 1.80. The first kappa shape index (κ1) is 13.9. The Labute approximate surface area is 102 Å². The standard InChI is InChI=1S/C12H20N2O3/c1-11(2,9-15)14(3)10(16)12(8-13)4-6-17-7-5-12/h15H,4-7,9H2,1-3H3. The summed E-state index contributed by atoms with van der Waals surface area (Å²) in [5.41, 5.74) is -1.64. The third-order valence-corrected chi connectivity index (χ3v) is 3.57. The molecule has 1 fully saturated rings. The number of ether oxygens (including phenoxy) is 1. The number of hydrogen-bond donors (Lipinski definition) is 1. The molecule has 5 heteroatoms. The third kappa shape index (κ3) is 2.59. The Kier molecular flexibility index (Phi) is 4.12. The molecule has 1 aliphatic rings. The van der Waals surface area contributed by atoms with Gasteiger partial charge in [-0.05, 0) is 26.7 Å². The summed E-state index contributed by atoms with van der Waals surface area (Å²) in [5.74, 6) is -0.220. The van der Waals surface area contributed by atoms with Crippen molar-refractivity contribution >= 4 is 5.91 Å². The van der Waals surface area contributed by atoms with Crippen LogP contribution in [0.15, 0.2) is 0 Å². The van der Waals surface area contributed by atoms with E-state index in [1.807, 2.05) is 0 Å². The highest BCUT2D eigenvalue weighted by Crippen LogP contribution is 2.33. The monoisotopic (exact) mass is 240 g/mol. The van der Waals surface area contributed by atoms with Crippen LogP contribution in [0.25, 0.3) is 0 Å². The van der Waals surface area contributed by atoms with Crippen LogP contribution < -0.4 is 0 Å². The Morgan fingerprint density at radius 3 is 2.47 bits per heavy atom. The molecule has 1 aliphatic heterocycles. The molecule has 5 nitrogen and oxygen atoms in total. The van der Waals surface area contributed by atoms with Crippen molar-refractivity contribution in [2.75, 3.05) is 26.9 Å². The van der Waals surface area contributed by atoms with Crippen molar-refractivity contribution in [2.24, 2.45) is 5.41 Å². The molecule has 1 N–H and O–H groups in total. The molecule has 0 aromatic carbocycles. The van der Waals surface area contributed by atoms with Gasteiger partial charge in [-0.15, -0.1) is 0 Å². The molecule has 1 heterocycles. The topological polar surface area (TPSA) is 73.6 Å². The Bertz CT molecular complexity index is 327. The molecular weight excluding hydrogens is 220 g/mol. The highest BCUT2D eigenvalue weighted by Gasteiger charge is 2.45. The molecule has 1 rings (SSSR count). The normalized spacial score (nSPS) is 19.5. The van der Waals surface area contributed by atoms with Gasteiger partial charge in [0.15, 0.2) is 0 Å². The first-order chi connectivity index (χ1) is 7.89. The van der Waals surface area contributed by atoms with Crippen molar-refractivity contribution in [3.63, 3.8) is 0 Å². The lowest BCUT2D eigenvalue weighted by atomic mass is 9.79. The first-order valence-corrected chi connectivity index (χ1v) is 5.78. The Hall–Kier alpha value is -1.12. The van der Waals surface area contributed by atoms with E-state index in [1.165, 1.54) is 4.90 Å². The van der Waals surface area contributed by atoms with Gasteiger partial charge in [-0.3, -0.25) is 4.79 Å². The third-order valence-electron chi connectivity index (χ3n) is 3.57. The number of aliphatic hydroxyl groups excluding tert-OH is 1. The van der Waals surface area contributed by atoms with Crippen LogP contribution in [-0.4, -0.2) is 48.3 Å².